The molecule has 0 spiro atoms. The third-order valence-corrected chi connectivity index (χ3v) is 10.9. The summed E-state index contributed by atoms with van der Waals surface area (Å²) >= 11 is 0. The molecular weight excluding hydrogens is 531 g/mol. The zero-order chi connectivity index (χ0) is 29.5. The van der Waals surface area contributed by atoms with Crippen LogP contribution in [-0.2, 0) is 0 Å². The number of benzene rings is 2. The molecule has 0 heterocycles. The lowest BCUT2D eigenvalue weighted by Gasteiger charge is -2.39. The highest BCUT2D eigenvalue weighted by atomic mass is 19.3. The van der Waals surface area contributed by atoms with Gasteiger partial charge in [-0.15, -0.1) is 0 Å². The molecule has 3 fully saturated rings. The van der Waals surface area contributed by atoms with Gasteiger partial charge in [-0.1, -0.05) is 44.7 Å². The van der Waals surface area contributed by atoms with Crippen molar-refractivity contribution in [2.75, 3.05) is 0 Å². The summed E-state index contributed by atoms with van der Waals surface area (Å²) in [4.78, 5) is 0. The second kappa shape index (κ2) is 14.3. The third-order valence-electron chi connectivity index (χ3n) is 10.9. The molecule has 42 heavy (non-hydrogen) atoms. The third kappa shape index (κ3) is 7.72. The molecule has 0 radical (unpaired) electrons. The lowest BCUT2D eigenvalue weighted by molar-refractivity contribution is -0.224. The first-order valence-electron chi connectivity index (χ1n) is 16.7. The number of alkyl halides is 2. The number of hydrogen-bond donors (Lipinski definition) is 0. The fourth-order valence-corrected chi connectivity index (χ4v) is 8.26. The van der Waals surface area contributed by atoms with E-state index in [1.807, 2.05) is 12.1 Å². The smallest absolute Gasteiger partial charge is 0.400 e. The van der Waals surface area contributed by atoms with E-state index in [9.17, 15) is 8.78 Å². The summed E-state index contributed by atoms with van der Waals surface area (Å²) in [6.07, 6.45) is 13.7. The minimum absolute atomic E-state index is 0.0222. The van der Waals surface area contributed by atoms with Gasteiger partial charge in [-0.3, -0.25) is 0 Å². The number of unbranched alkanes of at least 4 members (excludes halogenated alkanes) is 2. The van der Waals surface area contributed by atoms with Crippen molar-refractivity contribution in [1.29, 1.82) is 5.26 Å². The lowest BCUT2D eigenvalue weighted by Crippen LogP contribution is -2.38. The molecule has 2 aromatic rings. The molecule has 0 amide bonds. The molecule has 0 atom stereocenters. The summed E-state index contributed by atoms with van der Waals surface area (Å²) in [6.45, 7) is 2.26. The highest BCUT2D eigenvalue weighted by Gasteiger charge is 2.45. The van der Waals surface area contributed by atoms with Crippen LogP contribution in [0.25, 0.3) is 0 Å². The van der Waals surface area contributed by atoms with Crippen molar-refractivity contribution in [2.45, 2.75) is 128 Å². The van der Waals surface area contributed by atoms with Gasteiger partial charge >= 0.3 is 6.11 Å². The molecule has 5 rings (SSSR count). The van der Waals surface area contributed by atoms with E-state index in [4.69, 9.17) is 10.00 Å². The Morgan fingerprint density at radius 2 is 1.40 bits per heavy atom. The second-order valence-corrected chi connectivity index (χ2v) is 13.5. The van der Waals surface area contributed by atoms with Gasteiger partial charge in [-0.05, 0) is 148 Å². The average molecular weight is 580 g/mol. The maximum Gasteiger partial charge on any atom is 0.400 e. The molecule has 0 saturated heterocycles. The van der Waals surface area contributed by atoms with Crippen molar-refractivity contribution in [1.82, 2.24) is 0 Å². The van der Waals surface area contributed by atoms with E-state index in [0.717, 1.165) is 50.0 Å². The maximum atomic E-state index is 15.4. The van der Waals surface area contributed by atoms with Crippen LogP contribution in [0.5, 0.6) is 5.75 Å². The largest absolute Gasteiger partial charge is 0.432 e. The van der Waals surface area contributed by atoms with Crippen LogP contribution in [0.4, 0.5) is 13.2 Å². The SMILES string of the molecule is CCCCCC1CCC(c2ccc(C3CCC(C4CCC(C(F)(F)Oc5ccc(C#N)cc5)CC4)CC3)c(F)c2)CC1. The van der Waals surface area contributed by atoms with Crippen molar-refractivity contribution in [3.63, 3.8) is 0 Å². The second-order valence-electron chi connectivity index (χ2n) is 13.5. The van der Waals surface area contributed by atoms with Crippen LogP contribution in [0.3, 0.4) is 0 Å². The van der Waals surface area contributed by atoms with Crippen LogP contribution in [-0.4, -0.2) is 6.11 Å². The van der Waals surface area contributed by atoms with E-state index in [-0.39, 0.29) is 17.5 Å². The Morgan fingerprint density at radius 3 is 2.00 bits per heavy atom. The van der Waals surface area contributed by atoms with Crippen LogP contribution in [0.2, 0.25) is 0 Å². The molecule has 3 saturated carbocycles. The predicted molar refractivity (Wildman–Crippen MR) is 162 cm³/mol. The van der Waals surface area contributed by atoms with Gasteiger partial charge in [0.05, 0.1) is 17.6 Å². The van der Waals surface area contributed by atoms with E-state index in [0.29, 0.717) is 36.2 Å². The van der Waals surface area contributed by atoms with E-state index in [1.54, 1.807) is 0 Å². The zero-order valence-electron chi connectivity index (χ0n) is 25.3. The lowest BCUT2D eigenvalue weighted by atomic mass is 9.68. The molecule has 5 heteroatoms. The molecule has 2 aromatic carbocycles. The van der Waals surface area contributed by atoms with Crippen LogP contribution in [0.15, 0.2) is 42.5 Å². The summed E-state index contributed by atoms with van der Waals surface area (Å²) in [5, 5.41) is 8.91. The summed E-state index contributed by atoms with van der Waals surface area (Å²) in [6, 6.07) is 14.0. The first-order chi connectivity index (χ1) is 20.4. The van der Waals surface area contributed by atoms with Crippen LogP contribution in [0, 0.1) is 40.8 Å². The quantitative estimate of drug-likeness (QED) is 0.262. The molecule has 0 unspecified atom stereocenters. The van der Waals surface area contributed by atoms with Crippen LogP contribution < -0.4 is 4.74 Å². The van der Waals surface area contributed by atoms with E-state index in [1.165, 1.54) is 81.2 Å². The number of hydrogen-bond acceptors (Lipinski definition) is 2. The Kier molecular flexibility index (Phi) is 10.6. The Morgan fingerprint density at radius 1 is 0.786 bits per heavy atom. The summed E-state index contributed by atoms with van der Waals surface area (Å²) in [7, 11) is 0. The Balaban J connectivity index is 1.06. The van der Waals surface area contributed by atoms with Gasteiger partial charge in [0.15, 0.2) is 0 Å². The predicted octanol–water partition coefficient (Wildman–Crippen LogP) is 11.3. The maximum absolute atomic E-state index is 15.4. The average Bonchev–Trinajstić information content (AvgIpc) is 3.02. The van der Waals surface area contributed by atoms with Gasteiger partial charge in [0.1, 0.15) is 11.6 Å². The first kappa shape index (κ1) is 31.0. The summed E-state index contributed by atoms with van der Waals surface area (Å²) < 4.78 is 50.3. The molecular formula is C37H48F3NO. The van der Waals surface area contributed by atoms with Gasteiger partial charge in [0, 0.05) is 0 Å². The first-order valence-corrected chi connectivity index (χ1v) is 16.7. The molecule has 2 nitrogen and oxygen atoms in total. The minimum Gasteiger partial charge on any atom is -0.432 e. The monoisotopic (exact) mass is 579 g/mol. The van der Waals surface area contributed by atoms with Gasteiger partial charge < -0.3 is 4.74 Å². The molecule has 228 valence electrons. The topological polar surface area (TPSA) is 33.0 Å². The van der Waals surface area contributed by atoms with Crippen molar-refractivity contribution >= 4 is 0 Å². The molecule has 0 aromatic heterocycles. The number of rotatable bonds is 10. The normalized spacial score (nSPS) is 28.6. The highest BCUT2D eigenvalue weighted by Crippen LogP contribution is 2.47. The van der Waals surface area contributed by atoms with Crippen LogP contribution in [0.1, 0.15) is 138 Å². The Labute approximate surface area is 251 Å². The van der Waals surface area contributed by atoms with Gasteiger partial charge in [0.25, 0.3) is 0 Å². The Bertz CT molecular complexity index is 1160. The van der Waals surface area contributed by atoms with Crippen molar-refractivity contribution in [3.05, 3.63) is 65.0 Å². The van der Waals surface area contributed by atoms with Gasteiger partial charge in [0.2, 0.25) is 0 Å². The summed E-state index contributed by atoms with van der Waals surface area (Å²) in [5.74, 6) is 1.94. The van der Waals surface area contributed by atoms with Crippen molar-refractivity contribution in [2.24, 2.45) is 23.7 Å². The van der Waals surface area contributed by atoms with Crippen molar-refractivity contribution in [3.8, 4) is 11.8 Å². The highest BCUT2D eigenvalue weighted by molar-refractivity contribution is 5.34. The van der Waals surface area contributed by atoms with E-state index < -0.39 is 12.0 Å². The number of halogens is 3. The number of ether oxygens (including phenoxy) is 1. The zero-order valence-corrected chi connectivity index (χ0v) is 25.3. The van der Waals surface area contributed by atoms with Crippen molar-refractivity contribution < 1.29 is 17.9 Å². The molecule has 0 aliphatic heterocycles. The molecule has 3 aliphatic carbocycles. The molecule has 0 bridgehead atoms. The standard InChI is InChI=1S/C37H48F3NO/c1-2-3-4-5-26-6-10-30(11-7-26)32-18-23-35(36(38)24-32)31-14-12-28(13-15-31)29-16-19-33(20-17-29)37(39,40)42-34-21-8-27(25-41)9-22-34/h8-9,18,21-24,26,28-31,33H,2-7,10-17,19-20H2,1H3. The summed E-state index contributed by atoms with van der Waals surface area (Å²) in [5.41, 5.74) is 2.49. The number of nitrogens with zero attached hydrogens (tertiary/aromatic N) is 1. The van der Waals surface area contributed by atoms with E-state index >= 15 is 4.39 Å². The fourth-order valence-electron chi connectivity index (χ4n) is 8.26. The minimum atomic E-state index is -3.21. The number of nitriles is 1. The van der Waals surface area contributed by atoms with E-state index in [2.05, 4.69) is 19.1 Å². The van der Waals surface area contributed by atoms with Crippen LogP contribution >= 0.6 is 0 Å². The van der Waals surface area contributed by atoms with Gasteiger partial charge in [-0.2, -0.15) is 14.0 Å². The Hall–Kier alpha value is -2.48. The molecule has 0 N–H and O–H groups in total. The molecule has 3 aliphatic rings. The van der Waals surface area contributed by atoms with Gasteiger partial charge in [-0.25, -0.2) is 4.39 Å². The fraction of sp³-hybridized carbons (Fsp3) is 0.649.